The number of ether oxygens (including phenoxy) is 3. The van der Waals surface area contributed by atoms with Crippen molar-refractivity contribution in [2.75, 3.05) is 26.4 Å². The lowest BCUT2D eigenvalue weighted by Crippen LogP contribution is -2.25. The number of hydrogen-bond acceptors (Lipinski definition) is 4. The van der Waals surface area contributed by atoms with Crippen molar-refractivity contribution in [2.45, 2.75) is 18.9 Å². The van der Waals surface area contributed by atoms with E-state index < -0.39 is 0 Å². The van der Waals surface area contributed by atoms with E-state index in [9.17, 15) is 5.11 Å². The van der Waals surface area contributed by atoms with Gasteiger partial charge in [0.05, 0.1) is 17.7 Å². The van der Waals surface area contributed by atoms with Crippen LogP contribution >= 0.6 is 11.6 Å². The van der Waals surface area contributed by atoms with Crippen LogP contribution in [0.25, 0.3) is 0 Å². The maximum atomic E-state index is 9.26. The van der Waals surface area contributed by atoms with Gasteiger partial charge in [0.15, 0.2) is 0 Å². The molecule has 1 saturated heterocycles. The highest BCUT2D eigenvalue weighted by Crippen LogP contribution is 2.27. The molecule has 0 saturated carbocycles. The first-order valence-corrected chi connectivity index (χ1v) is 6.44. The molecule has 0 amide bonds. The Labute approximate surface area is 111 Å². The highest BCUT2D eigenvalue weighted by molar-refractivity contribution is 6.32. The second-order valence-corrected chi connectivity index (χ2v) is 4.55. The summed E-state index contributed by atoms with van der Waals surface area (Å²) >= 11 is 5.77. The number of hydrogen-bond donors (Lipinski definition) is 1. The maximum absolute atomic E-state index is 9.26. The third-order valence-electron chi connectivity index (χ3n) is 2.79. The largest absolute Gasteiger partial charge is 0.506 e. The molecule has 0 radical (unpaired) electrons. The molecule has 1 aromatic rings. The monoisotopic (exact) mass is 272 g/mol. The zero-order chi connectivity index (χ0) is 12.8. The van der Waals surface area contributed by atoms with E-state index in [1.54, 1.807) is 12.1 Å². The molecule has 1 aliphatic heterocycles. The van der Waals surface area contributed by atoms with Gasteiger partial charge >= 0.3 is 0 Å². The topological polar surface area (TPSA) is 47.9 Å². The Bertz CT molecular complexity index is 377. The van der Waals surface area contributed by atoms with Gasteiger partial charge in [-0.15, -0.1) is 0 Å². The van der Waals surface area contributed by atoms with E-state index in [0.29, 0.717) is 19.0 Å². The van der Waals surface area contributed by atoms with Crippen LogP contribution in [0.3, 0.4) is 0 Å². The minimum Gasteiger partial charge on any atom is -0.506 e. The van der Waals surface area contributed by atoms with Crippen molar-refractivity contribution in [3.05, 3.63) is 23.2 Å². The van der Waals surface area contributed by atoms with Gasteiger partial charge in [-0.25, -0.2) is 0 Å². The molecule has 1 N–H and O–H groups in total. The summed E-state index contributed by atoms with van der Waals surface area (Å²) in [6.45, 7) is 2.57. The van der Waals surface area contributed by atoms with Crippen molar-refractivity contribution in [1.29, 1.82) is 0 Å². The lowest BCUT2D eigenvalue weighted by Gasteiger charge is -2.22. The fourth-order valence-corrected chi connectivity index (χ4v) is 1.96. The van der Waals surface area contributed by atoms with Gasteiger partial charge in [-0.1, -0.05) is 11.6 Å². The van der Waals surface area contributed by atoms with Crippen LogP contribution < -0.4 is 4.74 Å². The zero-order valence-electron chi connectivity index (χ0n) is 10.1. The molecule has 2 rings (SSSR count). The molecule has 0 atom stereocenters. The summed E-state index contributed by atoms with van der Waals surface area (Å²) in [7, 11) is 0. The smallest absolute Gasteiger partial charge is 0.134 e. The first kappa shape index (κ1) is 13.5. The number of benzene rings is 1. The van der Waals surface area contributed by atoms with E-state index >= 15 is 0 Å². The highest BCUT2D eigenvalue weighted by atomic mass is 35.5. The molecule has 100 valence electrons. The van der Waals surface area contributed by atoms with Crippen LogP contribution in [-0.2, 0) is 9.47 Å². The van der Waals surface area contributed by atoms with Crippen molar-refractivity contribution in [3.8, 4) is 11.5 Å². The molecular formula is C13H17ClO4. The second-order valence-electron chi connectivity index (χ2n) is 4.14. The Kier molecular flexibility index (Phi) is 5.11. The average molecular weight is 273 g/mol. The van der Waals surface area contributed by atoms with E-state index in [0.717, 1.165) is 26.1 Å². The molecule has 1 fully saturated rings. The molecule has 0 unspecified atom stereocenters. The normalized spacial score (nSPS) is 16.7. The van der Waals surface area contributed by atoms with Gasteiger partial charge in [0.25, 0.3) is 0 Å². The summed E-state index contributed by atoms with van der Waals surface area (Å²) < 4.78 is 16.4. The molecule has 0 aromatic heterocycles. The van der Waals surface area contributed by atoms with Crippen LogP contribution in [-0.4, -0.2) is 37.6 Å². The third kappa shape index (κ3) is 4.05. The van der Waals surface area contributed by atoms with Gasteiger partial charge in [-0.05, 0) is 25.0 Å². The lowest BCUT2D eigenvalue weighted by atomic mass is 10.2. The SMILES string of the molecule is Oc1ccc(OCCOC2CCOCC2)cc1Cl. The molecule has 5 heteroatoms. The summed E-state index contributed by atoms with van der Waals surface area (Å²) in [6.07, 6.45) is 2.18. The van der Waals surface area contributed by atoms with Crippen LogP contribution in [0.15, 0.2) is 18.2 Å². The second kappa shape index (κ2) is 6.83. The van der Waals surface area contributed by atoms with Gasteiger partial charge in [0.2, 0.25) is 0 Å². The maximum Gasteiger partial charge on any atom is 0.134 e. The molecule has 4 nitrogen and oxygen atoms in total. The zero-order valence-corrected chi connectivity index (χ0v) is 10.9. The van der Waals surface area contributed by atoms with Crippen molar-refractivity contribution in [2.24, 2.45) is 0 Å². The average Bonchev–Trinajstić information content (AvgIpc) is 2.40. The summed E-state index contributed by atoms with van der Waals surface area (Å²) in [4.78, 5) is 0. The fraction of sp³-hybridized carbons (Fsp3) is 0.538. The van der Waals surface area contributed by atoms with Crippen molar-refractivity contribution in [1.82, 2.24) is 0 Å². The van der Waals surface area contributed by atoms with E-state index in [-0.39, 0.29) is 16.9 Å². The van der Waals surface area contributed by atoms with Crippen LogP contribution in [0.5, 0.6) is 11.5 Å². The van der Waals surface area contributed by atoms with Crippen LogP contribution in [0.2, 0.25) is 5.02 Å². The quantitative estimate of drug-likeness (QED) is 0.837. The van der Waals surface area contributed by atoms with E-state index in [2.05, 4.69) is 0 Å². The molecule has 1 aromatic carbocycles. The number of rotatable bonds is 5. The number of halogens is 1. The Morgan fingerprint density at radius 3 is 2.78 bits per heavy atom. The van der Waals surface area contributed by atoms with Crippen LogP contribution in [0.1, 0.15) is 12.8 Å². The number of phenolic OH excluding ortho intramolecular Hbond substituents is 1. The Morgan fingerprint density at radius 1 is 1.28 bits per heavy atom. The molecule has 0 aliphatic carbocycles. The minimum absolute atomic E-state index is 0.0578. The van der Waals surface area contributed by atoms with Gasteiger partial charge in [-0.3, -0.25) is 0 Å². The van der Waals surface area contributed by atoms with Crippen LogP contribution in [0, 0.1) is 0 Å². The van der Waals surface area contributed by atoms with E-state index in [1.165, 1.54) is 6.07 Å². The molecule has 0 bridgehead atoms. The van der Waals surface area contributed by atoms with Crippen molar-refractivity contribution >= 4 is 11.6 Å². The predicted molar refractivity (Wildman–Crippen MR) is 68.4 cm³/mol. The predicted octanol–water partition coefficient (Wildman–Crippen LogP) is 2.62. The summed E-state index contributed by atoms with van der Waals surface area (Å²) in [6, 6.07) is 4.78. The molecular weight excluding hydrogens is 256 g/mol. The molecule has 1 aliphatic rings. The van der Waals surface area contributed by atoms with E-state index in [4.69, 9.17) is 25.8 Å². The number of phenols is 1. The molecule has 1 heterocycles. The van der Waals surface area contributed by atoms with Crippen molar-refractivity contribution in [3.63, 3.8) is 0 Å². The van der Waals surface area contributed by atoms with Crippen molar-refractivity contribution < 1.29 is 19.3 Å². The minimum atomic E-state index is 0.0578. The first-order valence-electron chi connectivity index (χ1n) is 6.06. The van der Waals surface area contributed by atoms with Gasteiger partial charge < -0.3 is 19.3 Å². The fourth-order valence-electron chi connectivity index (χ4n) is 1.79. The number of aromatic hydroxyl groups is 1. The third-order valence-corrected chi connectivity index (χ3v) is 3.10. The van der Waals surface area contributed by atoms with Crippen LogP contribution in [0.4, 0.5) is 0 Å². The summed E-state index contributed by atoms with van der Waals surface area (Å²) in [5.74, 6) is 0.691. The van der Waals surface area contributed by atoms with Gasteiger partial charge in [0, 0.05) is 19.3 Å². The Balaban J connectivity index is 1.66. The van der Waals surface area contributed by atoms with Gasteiger partial charge in [-0.2, -0.15) is 0 Å². The Morgan fingerprint density at radius 2 is 2.06 bits per heavy atom. The Hall–Kier alpha value is -0.970. The molecule has 18 heavy (non-hydrogen) atoms. The first-order chi connectivity index (χ1) is 8.75. The van der Waals surface area contributed by atoms with E-state index in [1.807, 2.05) is 0 Å². The molecule has 0 spiro atoms. The standard InChI is InChI=1S/C13H17ClO4/c14-12-9-11(1-2-13(12)15)18-8-7-17-10-3-5-16-6-4-10/h1-2,9-10,15H,3-8H2. The lowest BCUT2D eigenvalue weighted by molar-refractivity contribution is -0.0388. The highest BCUT2D eigenvalue weighted by Gasteiger charge is 2.13. The summed E-state index contributed by atoms with van der Waals surface area (Å²) in [5, 5.41) is 9.55. The summed E-state index contributed by atoms with van der Waals surface area (Å²) in [5.41, 5.74) is 0. The van der Waals surface area contributed by atoms with Gasteiger partial charge in [0.1, 0.15) is 18.1 Å².